The van der Waals surface area contributed by atoms with Crippen molar-refractivity contribution in [1.82, 2.24) is 5.32 Å². The molecule has 1 saturated carbocycles. The summed E-state index contributed by atoms with van der Waals surface area (Å²) < 4.78 is 20.9. The Kier molecular flexibility index (Phi) is 11.3. The lowest BCUT2D eigenvalue weighted by atomic mass is 9.80. The summed E-state index contributed by atoms with van der Waals surface area (Å²) >= 11 is 0. The molecule has 152 valence electrons. The first-order valence-electron chi connectivity index (χ1n) is 8.83. The number of methoxy groups -OCH3 is 1. The molecule has 0 radical (unpaired) electrons. The largest absolute Gasteiger partial charge is 0.390 e. The SMILES string of the molecule is COC1CCC(NC(=O)COCCOCCOCC[NH3+])C(O)C1C(N)=O. The predicted molar refractivity (Wildman–Crippen MR) is 90.9 cm³/mol. The van der Waals surface area contributed by atoms with Crippen molar-refractivity contribution >= 4 is 11.8 Å². The second kappa shape index (κ2) is 13.0. The van der Waals surface area contributed by atoms with Crippen LogP contribution in [0.15, 0.2) is 0 Å². The standard InChI is InChI=1S/C16H31N3O7/c1-23-12-3-2-11(15(21)14(12)16(18)22)19-13(20)10-26-9-8-25-7-6-24-5-4-17/h11-12,14-15,21H,2-10,17H2,1H3,(H2,18,22)(H,19,20)/p+1. The second-order valence-electron chi connectivity index (χ2n) is 6.08. The van der Waals surface area contributed by atoms with Gasteiger partial charge in [-0.2, -0.15) is 0 Å². The number of primary amides is 1. The van der Waals surface area contributed by atoms with Crippen molar-refractivity contribution in [2.24, 2.45) is 11.7 Å². The molecule has 0 aromatic heterocycles. The lowest BCUT2D eigenvalue weighted by Gasteiger charge is -2.38. The number of rotatable bonds is 13. The van der Waals surface area contributed by atoms with Gasteiger partial charge in [0, 0.05) is 7.11 Å². The molecule has 1 fully saturated rings. The molecule has 0 bridgehead atoms. The molecule has 4 unspecified atom stereocenters. The number of carbonyl (C=O) groups excluding carboxylic acids is 2. The van der Waals surface area contributed by atoms with Crippen LogP contribution in [0.5, 0.6) is 0 Å². The molecule has 1 aliphatic carbocycles. The van der Waals surface area contributed by atoms with Gasteiger partial charge in [-0.15, -0.1) is 0 Å². The van der Waals surface area contributed by atoms with Gasteiger partial charge in [0.1, 0.15) is 6.61 Å². The number of nitrogens with one attached hydrogen (secondary N) is 1. The van der Waals surface area contributed by atoms with E-state index in [1.807, 2.05) is 0 Å². The molecule has 0 aliphatic heterocycles. The first-order chi connectivity index (χ1) is 12.5. The smallest absolute Gasteiger partial charge is 0.246 e. The summed E-state index contributed by atoms with van der Waals surface area (Å²) in [6.45, 7) is 2.75. The Morgan fingerprint density at radius 3 is 2.31 bits per heavy atom. The van der Waals surface area contributed by atoms with Gasteiger partial charge in [0.2, 0.25) is 11.8 Å². The monoisotopic (exact) mass is 378 g/mol. The maximum Gasteiger partial charge on any atom is 0.246 e. The van der Waals surface area contributed by atoms with E-state index in [4.69, 9.17) is 24.7 Å². The minimum atomic E-state index is -1.09. The van der Waals surface area contributed by atoms with E-state index in [0.717, 1.165) is 6.54 Å². The van der Waals surface area contributed by atoms with Crippen molar-refractivity contribution in [2.75, 3.05) is 53.3 Å². The average molecular weight is 378 g/mol. The summed E-state index contributed by atoms with van der Waals surface area (Å²) in [5.41, 5.74) is 9.00. The molecule has 10 nitrogen and oxygen atoms in total. The van der Waals surface area contributed by atoms with Gasteiger partial charge in [-0.3, -0.25) is 9.59 Å². The third-order valence-electron chi connectivity index (χ3n) is 4.19. The van der Waals surface area contributed by atoms with Crippen molar-refractivity contribution in [3.8, 4) is 0 Å². The molecular formula is C16H32N3O7+. The number of nitrogens with two attached hydrogens (primary N) is 1. The number of aliphatic hydroxyl groups excluding tert-OH is 1. The number of hydrogen-bond donors (Lipinski definition) is 4. The lowest BCUT2D eigenvalue weighted by Crippen LogP contribution is -2.57. The van der Waals surface area contributed by atoms with Gasteiger partial charge < -0.3 is 40.8 Å². The third kappa shape index (κ3) is 7.94. The van der Waals surface area contributed by atoms with Gasteiger partial charge in [0.15, 0.2) is 0 Å². The van der Waals surface area contributed by atoms with Crippen LogP contribution in [0.25, 0.3) is 0 Å². The molecule has 0 aromatic carbocycles. The molecule has 4 atom stereocenters. The maximum absolute atomic E-state index is 11.9. The van der Waals surface area contributed by atoms with Crippen molar-refractivity contribution in [3.63, 3.8) is 0 Å². The highest BCUT2D eigenvalue weighted by molar-refractivity contribution is 5.79. The number of aliphatic hydroxyl groups is 1. The van der Waals surface area contributed by atoms with Crippen molar-refractivity contribution in [3.05, 3.63) is 0 Å². The fourth-order valence-electron chi connectivity index (χ4n) is 2.89. The number of amides is 2. The van der Waals surface area contributed by atoms with Gasteiger partial charge in [0.05, 0.1) is 63.7 Å². The molecule has 1 aliphatic rings. The van der Waals surface area contributed by atoms with Crippen LogP contribution in [0.4, 0.5) is 0 Å². The third-order valence-corrected chi connectivity index (χ3v) is 4.19. The van der Waals surface area contributed by atoms with Crippen LogP contribution in [-0.4, -0.2) is 88.5 Å². The van der Waals surface area contributed by atoms with Gasteiger partial charge in [-0.1, -0.05) is 0 Å². The topological polar surface area (TPSA) is 157 Å². The number of quaternary nitrogens is 1. The van der Waals surface area contributed by atoms with E-state index in [1.165, 1.54) is 7.11 Å². The molecular weight excluding hydrogens is 346 g/mol. The molecule has 10 heteroatoms. The Labute approximate surface area is 153 Å². The van der Waals surface area contributed by atoms with Gasteiger partial charge in [0.25, 0.3) is 0 Å². The van der Waals surface area contributed by atoms with E-state index >= 15 is 0 Å². The Morgan fingerprint density at radius 2 is 1.73 bits per heavy atom. The molecule has 2 amide bonds. The summed E-state index contributed by atoms with van der Waals surface area (Å²) in [4.78, 5) is 23.5. The van der Waals surface area contributed by atoms with E-state index in [0.29, 0.717) is 39.3 Å². The quantitative estimate of drug-likeness (QED) is 0.249. The lowest BCUT2D eigenvalue weighted by molar-refractivity contribution is -0.374. The zero-order valence-electron chi connectivity index (χ0n) is 15.4. The van der Waals surface area contributed by atoms with Crippen LogP contribution in [0.1, 0.15) is 12.8 Å². The van der Waals surface area contributed by atoms with Gasteiger partial charge in [-0.25, -0.2) is 0 Å². The summed E-state index contributed by atoms with van der Waals surface area (Å²) in [5, 5.41) is 13.0. The van der Waals surface area contributed by atoms with Crippen LogP contribution in [-0.2, 0) is 28.5 Å². The summed E-state index contributed by atoms with van der Waals surface area (Å²) in [6, 6.07) is -0.559. The van der Waals surface area contributed by atoms with E-state index in [1.54, 1.807) is 0 Å². The van der Waals surface area contributed by atoms with Crippen LogP contribution in [0.3, 0.4) is 0 Å². The Balaban J connectivity index is 2.19. The first kappa shape index (κ1) is 22.7. The van der Waals surface area contributed by atoms with E-state index in [2.05, 4.69) is 11.1 Å². The second-order valence-corrected chi connectivity index (χ2v) is 6.08. The van der Waals surface area contributed by atoms with Crippen LogP contribution < -0.4 is 16.8 Å². The van der Waals surface area contributed by atoms with Crippen LogP contribution >= 0.6 is 0 Å². The molecule has 0 spiro atoms. The highest BCUT2D eigenvalue weighted by Gasteiger charge is 2.42. The van der Waals surface area contributed by atoms with Crippen molar-refractivity contribution < 1.29 is 39.4 Å². The molecule has 26 heavy (non-hydrogen) atoms. The number of ether oxygens (including phenoxy) is 4. The average Bonchev–Trinajstić information content (AvgIpc) is 2.61. The number of hydrogen-bond acceptors (Lipinski definition) is 7. The normalized spacial score (nSPS) is 25.8. The van der Waals surface area contributed by atoms with Gasteiger partial charge >= 0.3 is 0 Å². The molecule has 7 N–H and O–H groups in total. The highest BCUT2D eigenvalue weighted by atomic mass is 16.5. The maximum atomic E-state index is 11.9. The Hall–Kier alpha value is -1.30. The van der Waals surface area contributed by atoms with E-state index in [9.17, 15) is 14.7 Å². The fraction of sp³-hybridized carbons (Fsp3) is 0.875. The first-order valence-corrected chi connectivity index (χ1v) is 8.83. The molecule has 0 aromatic rings. The molecule has 0 saturated heterocycles. The zero-order valence-corrected chi connectivity index (χ0v) is 15.4. The van der Waals surface area contributed by atoms with E-state index < -0.39 is 30.1 Å². The minimum Gasteiger partial charge on any atom is -0.390 e. The number of carbonyl (C=O) groups is 2. The Morgan fingerprint density at radius 1 is 1.12 bits per heavy atom. The molecule has 1 rings (SSSR count). The summed E-state index contributed by atoms with van der Waals surface area (Å²) in [6.07, 6.45) is -0.513. The zero-order chi connectivity index (χ0) is 19.4. The summed E-state index contributed by atoms with van der Waals surface area (Å²) in [7, 11) is 1.47. The van der Waals surface area contributed by atoms with Crippen LogP contribution in [0.2, 0.25) is 0 Å². The van der Waals surface area contributed by atoms with Crippen molar-refractivity contribution in [1.29, 1.82) is 0 Å². The highest BCUT2D eigenvalue weighted by Crippen LogP contribution is 2.27. The predicted octanol–water partition coefficient (Wildman–Crippen LogP) is -2.97. The van der Waals surface area contributed by atoms with E-state index in [-0.39, 0.29) is 19.1 Å². The van der Waals surface area contributed by atoms with Crippen LogP contribution in [0, 0.1) is 5.92 Å². The minimum absolute atomic E-state index is 0.153. The van der Waals surface area contributed by atoms with Gasteiger partial charge in [-0.05, 0) is 12.8 Å². The van der Waals surface area contributed by atoms with Crippen molar-refractivity contribution in [2.45, 2.75) is 31.1 Å². The summed E-state index contributed by atoms with van der Waals surface area (Å²) in [5.74, 6) is -1.86. The molecule has 0 heterocycles. The fourth-order valence-corrected chi connectivity index (χ4v) is 2.89. The Bertz CT molecular complexity index is 425.